The third kappa shape index (κ3) is 27.2. The van der Waals surface area contributed by atoms with E-state index in [0.717, 1.165) is 13.1 Å². The fourth-order valence-corrected chi connectivity index (χ4v) is 0.939. The van der Waals surface area contributed by atoms with E-state index in [1.807, 2.05) is 24.7 Å². The van der Waals surface area contributed by atoms with Crippen LogP contribution in [-0.4, -0.2) is 61.4 Å². The molecule has 0 aliphatic rings. The van der Waals surface area contributed by atoms with Gasteiger partial charge in [0.15, 0.2) is 0 Å². The third-order valence-corrected chi connectivity index (χ3v) is 2.17. The van der Waals surface area contributed by atoms with Crippen molar-refractivity contribution in [1.29, 1.82) is 0 Å². The minimum atomic E-state index is -3.37. The van der Waals surface area contributed by atoms with Crippen molar-refractivity contribution in [1.82, 2.24) is 0 Å². The van der Waals surface area contributed by atoms with Gasteiger partial charge in [0, 0.05) is 12.8 Å². The van der Waals surface area contributed by atoms with Crippen LogP contribution >= 0.6 is 8.25 Å². The number of carboxylic acid groups (broad SMARTS) is 2. The topological polar surface area (TPSA) is 223 Å². The standard InChI is InChI=1S/2C5H12N2O2.HO3P/c2*1-7-3-2-4(6)5(8)9;1-4(2)3/h2*4,7H,2-3,6H2,1H3,(H,8,9);(H,1,2,3)/p+1. The summed E-state index contributed by atoms with van der Waals surface area (Å²) in [6, 6.07) is -1.39. The van der Waals surface area contributed by atoms with Gasteiger partial charge in [-0.15, -0.1) is 0 Å². The number of carbonyl (C=O) groups is 2. The highest BCUT2D eigenvalue weighted by atomic mass is 31.1. The Hall–Kier alpha value is -1.20. The highest BCUT2D eigenvalue weighted by molar-refractivity contribution is 7.27. The highest BCUT2D eigenvalue weighted by Crippen LogP contribution is 1.82. The van der Waals surface area contributed by atoms with E-state index < -0.39 is 32.3 Å². The van der Waals surface area contributed by atoms with E-state index in [2.05, 4.69) is 0 Å². The molecule has 0 fully saturated rings. The normalized spacial score (nSPS) is 11.9. The van der Waals surface area contributed by atoms with Gasteiger partial charge in [-0.3, -0.25) is 9.59 Å². The molecule has 2 unspecified atom stereocenters. The van der Waals surface area contributed by atoms with Crippen LogP contribution in [0.3, 0.4) is 0 Å². The molecule has 0 heterocycles. The lowest BCUT2D eigenvalue weighted by Crippen LogP contribution is -2.80. The molecule has 0 aromatic heterocycles. The Morgan fingerprint density at radius 1 is 1.00 bits per heavy atom. The lowest BCUT2D eigenvalue weighted by Gasteiger charge is -2.01. The zero-order chi connectivity index (χ0) is 18.1. The molecule has 0 rings (SSSR count). The fraction of sp³-hybridized carbons (Fsp3) is 0.800. The summed E-state index contributed by atoms with van der Waals surface area (Å²) in [5.41, 5.74) is 10.4. The molecule has 0 saturated heterocycles. The molecule has 0 aliphatic carbocycles. The summed E-state index contributed by atoms with van der Waals surface area (Å²) in [7, 11) is 0.397. The second-order valence-electron chi connectivity index (χ2n) is 4.08. The molecule has 2 atom stereocenters. The SMILES string of the molecule is C[NH2+]CCC(N)C(=O)O.C[NH2+]CCC(N)C(=O)O.O=[P+]([O-])[O-]. The average molecular weight is 345 g/mol. The van der Waals surface area contributed by atoms with Crippen LogP contribution in [0.1, 0.15) is 12.8 Å². The van der Waals surface area contributed by atoms with Gasteiger partial charge in [0.1, 0.15) is 12.1 Å². The largest absolute Gasteiger partial charge is 0.598 e. The summed E-state index contributed by atoms with van der Waals surface area (Å²) < 4.78 is 8.48. The zero-order valence-electron chi connectivity index (χ0n) is 12.7. The Morgan fingerprint density at radius 2 is 1.23 bits per heavy atom. The molecule has 132 valence electrons. The van der Waals surface area contributed by atoms with Crippen LogP contribution in [0.5, 0.6) is 0 Å². The number of quaternary nitrogens is 2. The molecule has 22 heavy (non-hydrogen) atoms. The van der Waals surface area contributed by atoms with Gasteiger partial charge in [0.05, 0.1) is 27.2 Å². The quantitative estimate of drug-likeness (QED) is 0.230. The third-order valence-electron chi connectivity index (χ3n) is 2.17. The second kappa shape index (κ2) is 17.9. The van der Waals surface area contributed by atoms with E-state index >= 15 is 0 Å². The van der Waals surface area contributed by atoms with Gasteiger partial charge in [-0.1, -0.05) is 4.57 Å². The van der Waals surface area contributed by atoms with Crippen LogP contribution in [0, 0.1) is 0 Å². The molecule has 11 nitrogen and oxygen atoms in total. The first kappa shape index (κ1) is 25.7. The summed E-state index contributed by atoms with van der Waals surface area (Å²) in [6.07, 6.45) is 1.07. The van der Waals surface area contributed by atoms with E-state index in [4.69, 9.17) is 36.0 Å². The number of carboxylic acids is 2. The van der Waals surface area contributed by atoms with E-state index in [9.17, 15) is 9.59 Å². The monoisotopic (exact) mass is 345 g/mol. The molecule has 0 radical (unpaired) electrons. The van der Waals surface area contributed by atoms with E-state index in [0.29, 0.717) is 12.8 Å². The van der Waals surface area contributed by atoms with Crippen LogP contribution in [-0.2, 0) is 14.2 Å². The number of aliphatic carboxylic acids is 2. The Balaban J connectivity index is -0.000000266. The van der Waals surface area contributed by atoms with Crippen molar-refractivity contribution in [2.45, 2.75) is 24.9 Å². The van der Waals surface area contributed by atoms with Gasteiger partial charge < -0.3 is 42.1 Å². The Labute approximate surface area is 129 Å². The summed E-state index contributed by atoms with van der Waals surface area (Å²) in [4.78, 5) is 37.1. The first-order chi connectivity index (χ1) is 10.1. The van der Waals surface area contributed by atoms with Crippen LogP contribution in [0.2, 0.25) is 0 Å². The Morgan fingerprint density at radius 3 is 1.36 bits per heavy atom. The highest BCUT2D eigenvalue weighted by Gasteiger charge is 2.10. The summed E-state index contributed by atoms with van der Waals surface area (Å²) in [5.74, 6) is -1.84. The summed E-state index contributed by atoms with van der Waals surface area (Å²) in [6.45, 7) is 1.54. The van der Waals surface area contributed by atoms with Crippen molar-refractivity contribution in [3.8, 4) is 0 Å². The fourth-order valence-electron chi connectivity index (χ4n) is 0.939. The molecule has 0 aliphatic heterocycles. The number of rotatable bonds is 8. The first-order valence-electron chi connectivity index (χ1n) is 6.43. The second-order valence-corrected chi connectivity index (χ2v) is 4.53. The van der Waals surface area contributed by atoms with Gasteiger partial charge >= 0.3 is 11.9 Å². The molecule has 10 N–H and O–H groups in total. The van der Waals surface area contributed by atoms with E-state index in [1.165, 1.54) is 0 Å². The van der Waals surface area contributed by atoms with Crippen LogP contribution in [0.25, 0.3) is 0 Å². The van der Waals surface area contributed by atoms with E-state index in [-0.39, 0.29) is 0 Å². The minimum absolute atomic E-state index is 0.534. The van der Waals surface area contributed by atoms with Crippen molar-refractivity contribution >= 4 is 20.2 Å². The molecule has 0 spiro atoms. The molecular weight excluding hydrogens is 319 g/mol. The molecule has 0 saturated carbocycles. The van der Waals surface area contributed by atoms with Crippen LogP contribution in [0.15, 0.2) is 0 Å². The van der Waals surface area contributed by atoms with Gasteiger partial charge in [-0.25, -0.2) is 0 Å². The maximum absolute atomic E-state index is 10.1. The van der Waals surface area contributed by atoms with Crippen LogP contribution < -0.4 is 31.9 Å². The number of hydrogen-bond acceptors (Lipinski definition) is 7. The first-order valence-corrected chi connectivity index (χ1v) is 7.53. The van der Waals surface area contributed by atoms with Crippen LogP contribution in [0.4, 0.5) is 0 Å². The summed E-state index contributed by atoms with van der Waals surface area (Å²) in [5, 5.41) is 20.4. The maximum atomic E-state index is 10.1. The predicted octanol–water partition coefficient (Wildman–Crippen LogP) is -5.67. The molecule has 0 aromatic carbocycles. The van der Waals surface area contributed by atoms with Crippen molar-refractivity contribution in [3.05, 3.63) is 0 Å². The average Bonchev–Trinajstić information content (AvgIpc) is 2.41. The molecular formula is C10H26N4O7P+. The molecule has 0 bridgehead atoms. The maximum Gasteiger partial charge on any atom is 0.320 e. The molecule has 0 aromatic rings. The van der Waals surface area contributed by atoms with Crippen molar-refractivity contribution < 1.29 is 44.8 Å². The number of nitrogens with two attached hydrogens (primary N) is 4. The van der Waals surface area contributed by atoms with Gasteiger partial charge in [-0.05, 0) is 0 Å². The number of hydrogen-bond donors (Lipinski definition) is 6. The zero-order valence-corrected chi connectivity index (χ0v) is 13.6. The van der Waals surface area contributed by atoms with Crippen molar-refractivity contribution in [2.75, 3.05) is 27.2 Å². The lowest BCUT2D eigenvalue weighted by atomic mass is 10.2. The lowest BCUT2D eigenvalue weighted by molar-refractivity contribution is -0.627. The predicted molar refractivity (Wildman–Crippen MR) is 73.5 cm³/mol. The van der Waals surface area contributed by atoms with Crippen molar-refractivity contribution in [3.63, 3.8) is 0 Å². The Kier molecular flexibility index (Phi) is 20.9. The minimum Gasteiger partial charge on any atom is -0.598 e. The molecule has 12 heteroatoms. The Bertz CT molecular complexity index is 292. The molecule has 0 amide bonds. The van der Waals surface area contributed by atoms with E-state index in [1.54, 1.807) is 0 Å². The van der Waals surface area contributed by atoms with Gasteiger partial charge in [-0.2, -0.15) is 0 Å². The smallest absolute Gasteiger partial charge is 0.320 e. The van der Waals surface area contributed by atoms with Gasteiger partial charge in [0.2, 0.25) is 0 Å². The summed E-state index contributed by atoms with van der Waals surface area (Å²) >= 11 is 0. The van der Waals surface area contributed by atoms with Gasteiger partial charge in [0.25, 0.3) is 8.25 Å². The van der Waals surface area contributed by atoms with Crippen molar-refractivity contribution in [2.24, 2.45) is 11.5 Å².